The highest BCUT2D eigenvalue weighted by molar-refractivity contribution is 7.80. The lowest BCUT2D eigenvalue weighted by atomic mass is 9.89. The molecule has 2 rings (SSSR count). The number of unbranched alkanes of at least 4 members (excludes halogenated alkanes) is 1. The summed E-state index contributed by atoms with van der Waals surface area (Å²) in [7, 11) is 0. The number of hydrogen-bond donors (Lipinski definition) is 3. The van der Waals surface area contributed by atoms with Crippen LogP contribution in [0.4, 0.5) is 0 Å². The van der Waals surface area contributed by atoms with Crippen LogP contribution in [0.25, 0.3) is 0 Å². The first-order valence-electron chi connectivity index (χ1n) is 9.24. The number of rotatable bonds is 6. The summed E-state index contributed by atoms with van der Waals surface area (Å²) < 4.78 is 5.60. The Hall–Kier alpha value is -2.15. The third kappa shape index (κ3) is 6.63. The first-order chi connectivity index (χ1) is 12.6. The molecule has 0 heterocycles. The van der Waals surface area contributed by atoms with Crippen LogP contribution in [0, 0.1) is 5.92 Å². The molecule has 7 heteroatoms. The molecule has 0 bridgehead atoms. The highest BCUT2D eigenvalue weighted by Crippen LogP contribution is 2.23. The molecule has 0 spiro atoms. The Balaban J connectivity index is 1.78. The molecule has 0 aliphatic heterocycles. The number of carbonyl (C=O) groups excluding carboxylic acids is 2. The monoisotopic (exact) mass is 377 g/mol. The molecule has 1 fully saturated rings. The minimum absolute atomic E-state index is 0.0201. The number of carbonyl (C=O) groups is 2. The molecule has 1 aliphatic carbocycles. The van der Waals surface area contributed by atoms with Gasteiger partial charge in [0.2, 0.25) is 5.91 Å². The number of hydrogen-bond acceptors (Lipinski definition) is 4. The van der Waals surface area contributed by atoms with Gasteiger partial charge in [0, 0.05) is 11.5 Å². The lowest BCUT2D eigenvalue weighted by molar-refractivity contribution is -0.126. The minimum Gasteiger partial charge on any atom is -0.494 e. The van der Waals surface area contributed by atoms with Crippen molar-refractivity contribution in [3.63, 3.8) is 0 Å². The van der Waals surface area contributed by atoms with E-state index in [2.05, 4.69) is 23.1 Å². The Bertz CT molecular complexity index is 630. The molecule has 1 aromatic carbocycles. The summed E-state index contributed by atoms with van der Waals surface area (Å²) in [5.41, 5.74) is 5.64. The van der Waals surface area contributed by atoms with Crippen molar-refractivity contribution in [1.82, 2.24) is 16.2 Å². The van der Waals surface area contributed by atoms with E-state index < -0.39 is 0 Å². The lowest BCUT2D eigenvalue weighted by Gasteiger charge is -2.21. The number of thiocarbonyl (C=S) groups is 1. The maximum Gasteiger partial charge on any atom is 0.257 e. The molecule has 0 radical (unpaired) electrons. The van der Waals surface area contributed by atoms with E-state index >= 15 is 0 Å². The van der Waals surface area contributed by atoms with Crippen LogP contribution < -0.4 is 20.9 Å². The van der Waals surface area contributed by atoms with E-state index in [1.54, 1.807) is 18.2 Å². The van der Waals surface area contributed by atoms with Crippen LogP contribution >= 0.6 is 12.2 Å². The van der Waals surface area contributed by atoms with E-state index in [0.717, 1.165) is 38.5 Å². The molecule has 1 saturated carbocycles. The molecule has 2 amide bonds. The molecule has 26 heavy (non-hydrogen) atoms. The SMILES string of the molecule is CCCCOc1cccc(C(=O)NC(=S)NNC(=O)C2CCCCC2)c1. The van der Waals surface area contributed by atoms with Crippen LogP contribution in [0.5, 0.6) is 5.75 Å². The Morgan fingerprint density at radius 1 is 1.19 bits per heavy atom. The van der Waals surface area contributed by atoms with Crippen LogP contribution in [-0.2, 0) is 4.79 Å². The summed E-state index contributed by atoms with van der Waals surface area (Å²) in [6.45, 7) is 2.71. The summed E-state index contributed by atoms with van der Waals surface area (Å²) in [4.78, 5) is 24.3. The Morgan fingerprint density at radius 3 is 2.69 bits per heavy atom. The quantitative estimate of drug-likeness (QED) is 0.403. The normalized spacial score (nSPS) is 14.3. The molecular formula is C19H27N3O3S. The molecule has 3 N–H and O–H groups in total. The number of hydrazine groups is 1. The fourth-order valence-corrected chi connectivity index (χ4v) is 3.00. The number of benzene rings is 1. The molecule has 0 unspecified atom stereocenters. The summed E-state index contributed by atoms with van der Waals surface area (Å²) in [6, 6.07) is 6.93. The van der Waals surface area contributed by atoms with E-state index in [1.807, 2.05) is 6.07 Å². The van der Waals surface area contributed by atoms with Gasteiger partial charge >= 0.3 is 0 Å². The lowest BCUT2D eigenvalue weighted by Crippen LogP contribution is -2.50. The third-order valence-corrected chi connectivity index (χ3v) is 4.57. The average molecular weight is 378 g/mol. The Kier molecular flexibility index (Phi) is 8.34. The second kappa shape index (κ2) is 10.8. The molecule has 6 nitrogen and oxygen atoms in total. The van der Waals surface area contributed by atoms with Gasteiger partial charge in [0.15, 0.2) is 5.11 Å². The number of nitrogens with one attached hydrogen (secondary N) is 3. The average Bonchev–Trinajstić information content (AvgIpc) is 2.67. The summed E-state index contributed by atoms with van der Waals surface area (Å²) in [5, 5.41) is 2.63. The van der Waals surface area contributed by atoms with E-state index in [-0.39, 0.29) is 22.8 Å². The van der Waals surface area contributed by atoms with E-state index in [9.17, 15) is 9.59 Å². The van der Waals surface area contributed by atoms with E-state index in [4.69, 9.17) is 17.0 Å². The largest absolute Gasteiger partial charge is 0.494 e. The van der Waals surface area contributed by atoms with Gasteiger partial charge in [-0.25, -0.2) is 0 Å². The van der Waals surface area contributed by atoms with Crippen LogP contribution in [0.3, 0.4) is 0 Å². The second-order valence-corrected chi connectivity index (χ2v) is 6.87. The van der Waals surface area contributed by atoms with E-state index in [0.29, 0.717) is 17.9 Å². The minimum atomic E-state index is -0.352. The maximum absolute atomic E-state index is 12.3. The van der Waals surface area contributed by atoms with Crippen LogP contribution in [0.2, 0.25) is 0 Å². The zero-order valence-corrected chi connectivity index (χ0v) is 16.0. The van der Waals surface area contributed by atoms with Crippen molar-refractivity contribution in [3.8, 4) is 5.75 Å². The van der Waals surface area contributed by atoms with Gasteiger partial charge in [0.25, 0.3) is 5.91 Å². The molecule has 0 atom stereocenters. The topological polar surface area (TPSA) is 79.5 Å². The Morgan fingerprint density at radius 2 is 1.96 bits per heavy atom. The van der Waals surface area contributed by atoms with Gasteiger partial charge in [-0.1, -0.05) is 38.7 Å². The van der Waals surface area contributed by atoms with Crippen LogP contribution in [0.1, 0.15) is 62.2 Å². The van der Waals surface area contributed by atoms with Crippen molar-refractivity contribution in [2.24, 2.45) is 5.92 Å². The van der Waals surface area contributed by atoms with Gasteiger partial charge in [0.05, 0.1) is 6.61 Å². The van der Waals surface area contributed by atoms with Crippen molar-refractivity contribution < 1.29 is 14.3 Å². The zero-order valence-electron chi connectivity index (χ0n) is 15.2. The zero-order chi connectivity index (χ0) is 18.8. The third-order valence-electron chi connectivity index (χ3n) is 4.37. The molecule has 0 saturated heterocycles. The Labute approximate surface area is 160 Å². The predicted molar refractivity (Wildman–Crippen MR) is 105 cm³/mol. The van der Waals surface area contributed by atoms with Crippen molar-refractivity contribution in [3.05, 3.63) is 29.8 Å². The van der Waals surface area contributed by atoms with Gasteiger partial charge in [-0.15, -0.1) is 0 Å². The fraction of sp³-hybridized carbons (Fsp3) is 0.526. The molecular weight excluding hydrogens is 350 g/mol. The highest BCUT2D eigenvalue weighted by atomic mass is 32.1. The second-order valence-electron chi connectivity index (χ2n) is 6.46. The first-order valence-corrected chi connectivity index (χ1v) is 9.65. The highest BCUT2D eigenvalue weighted by Gasteiger charge is 2.21. The van der Waals surface area contributed by atoms with Crippen molar-refractivity contribution >= 4 is 29.1 Å². The van der Waals surface area contributed by atoms with Crippen LogP contribution in [0.15, 0.2) is 24.3 Å². The smallest absolute Gasteiger partial charge is 0.257 e. The molecule has 1 aromatic rings. The van der Waals surface area contributed by atoms with Crippen molar-refractivity contribution in [2.75, 3.05) is 6.61 Å². The summed E-state index contributed by atoms with van der Waals surface area (Å²) >= 11 is 5.08. The number of amides is 2. The van der Waals surface area contributed by atoms with Crippen LogP contribution in [-0.4, -0.2) is 23.5 Å². The van der Waals surface area contributed by atoms with Gasteiger partial charge in [-0.05, 0) is 49.7 Å². The maximum atomic E-state index is 12.3. The van der Waals surface area contributed by atoms with Gasteiger partial charge < -0.3 is 4.74 Å². The molecule has 1 aliphatic rings. The molecule has 142 valence electrons. The molecule has 0 aromatic heterocycles. The number of ether oxygens (including phenoxy) is 1. The van der Waals surface area contributed by atoms with Crippen molar-refractivity contribution in [1.29, 1.82) is 0 Å². The van der Waals surface area contributed by atoms with E-state index in [1.165, 1.54) is 6.42 Å². The standard InChI is InChI=1S/C19H27N3O3S/c1-2-3-12-25-16-11-7-10-15(13-16)17(23)20-19(26)22-21-18(24)14-8-5-4-6-9-14/h7,10-11,13-14H,2-6,8-9,12H2,1H3,(H,21,24)(H2,20,22,23,26). The predicted octanol–water partition coefficient (Wildman–Crippen LogP) is 3.08. The van der Waals surface area contributed by atoms with Crippen molar-refractivity contribution in [2.45, 2.75) is 51.9 Å². The van der Waals surface area contributed by atoms with Gasteiger partial charge in [0.1, 0.15) is 5.75 Å². The summed E-state index contributed by atoms with van der Waals surface area (Å²) in [6.07, 6.45) is 7.16. The summed E-state index contributed by atoms with van der Waals surface area (Å²) in [5.74, 6) is 0.241. The van der Waals surface area contributed by atoms with Gasteiger partial charge in [-0.3, -0.25) is 25.8 Å². The van der Waals surface area contributed by atoms with Gasteiger partial charge in [-0.2, -0.15) is 0 Å². The fourth-order valence-electron chi connectivity index (χ4n) is 2.85. The first kappa shape index (κ1) is 20.2.